The number of likely N-dealkylation sites (tertiary alicyclic amines) is 1. The van der Waals surface area contributed by atoms with Crippen LogP contribution in [0.3, 0.4) is 0 Å². The molecule has 0 spiro atoms. The van der Waals surface area contributed by atoms with Crippen molar-refractivity contribution in [3.8, 4) is 22.0 Å². The maximum Gasteiger partial charge on any atom is 0.276 e. The standard InChI is InChI=1S/C22H19FN4O3S/c23-16-7-2-1-6-15(16)21-24-20(30-26-21)11-14-5-3-9-27(13-14)22(28)17-12-18(29-25-17)19-8-4-10-31-19/h1-2,4,6-8,10,12,14H,3,5,9,11,13H2/t14-/m0/s1. The van der Waals surface area contributed by atoms with Crippen LogP contribution in [0.5, 0.6) is 0 Å². The zero-order valence-corrected chi connectivity index (χ0v) is 17.3. The van der Waals surface area contributed by atoms with Crippen LogP contribution in [0.2, 0.25) is 0 Å². The fourth-order valence-corrected chi connectivity index (χ4v) is 4.50. The van der Waals surface area contributed by atoms with Crippen molar-refractivity contribution in [2.45, 2.75) is 19.3 Å². The van der Waals surface area contributed by atoms with Gasteiger partial charge in [0.1, 0.15) is 5.82 Å². The average Bonchev–Trinajstić information content (AvgIpc) is 3.55. The van der Waals surface area contributed by atoms with Crippen LogP contribution in [0.1, 0.15) is 29.2 Å². The van der Waals surface area contributed by atoms with Gasteiger partial charge in [0.2, 0.25) is 11.7 Å². The Morgan fingerprint density at radius 2 is 2.10 bits per heavy atom. The molecule has 0 N–H and O–H groups in total. The van der Waals surface area contributed by atoms with Crippen LogP contribution >= 0.6 is 11.3 Å². The van der Waals surface area contributed by atoms with Crippen molar-refractivity contribution in [3.05, 3.63) is 65.2 Å². The maximum absolute atomic E-state index is 14.0. The number of carbonyl (C=O) groups is 1. The van der Waals surface area contributed by atoms with E-state index in [-0.39, 0.29) is 23.5 Å². The molecule has 7 nitrogen and oxygen atoms in total. The molecule has 1 amide bonds. The summed E-state index contributed by atoms with van der Waals surface area (Å²) in [5.74, 6) is 0.917. The summed E-state index contributed by atoms with van der Waals surface area (Å²) in [6.07, 6.45) is 2.35. The topological polar surface area (TPSA) is 85.3 Å². The monoisotopic (exact) mass is 438 g/mol. The molecule has 9 heteroatoms. The number of carbonyl (C=O) groups excluding carboxylic acids is 1. The first-order chi connectivity index (χ1) is 15.2. The number of nitrogens with zero attached hydrogens (tertiary/aromatic N) is 4. The molecular weight excluding hydrogens is 419 g/mol. The van der Waals surface area contributed by atoms with Gasteiger partial charge in [-0.05, 0) is 42.3 Å². The third kappa shape index (κ3) is 4.13. The molecule has 1 fully saturated rings. The lowest BCUT2D eigenvalue weighted by atomic mass is 9.94. The van der Waals surface area contributed by atoms with Gasteiger partial charge < -0.3 is 13.9 Å². The second-order valence-corrected chi connectivity index (χ2v) is 8.46. The van der Waals surface area contributed by atoms with Crippen molar-refractivity contribution < 1.29 is 18.2 Å². The van der Waals surface area contributed by atoms with Crippen LogP contribution in [0.25, 0.3) is 22.0 Å². The molecule has 0 aliphatic carbocycles. The molecule has 158 valence electrons. The Bertz CT molecular complexity index is 1190. The predicted molar refractivity (Wildman–Crippen MR) is 112 cm³/mol. The lowest BCUT2D eigenvalue weighted by molar-refractivity contribution is 0.0658. The fourth-order valence-electron chi connectivity index (χ4n) is 3.83. The first-order valence-electron chi connectivity index (χ1n) is 10.0. The van der Waals surface area contributed by atoms with Gasteiger partial charge >= 0.3 is 0 Å². The molecule has 0 saturated carbocycles. The van der Waals surface area contributed by atoms with Crippen molar-refractivity contribution in [2.75, 3.05) is 13.1 Å². The van der Waals surface area contributed by atoms with Crippen LogP contribution in [0.15, 0.2) is 56.9 Å². The van der Waals surface area contributed by atoms with Crippen LogP contribution < -0.4 is 0 Å². The Kier molecular flexibility index (Phi) is 5.33. The zero-order valence-electron chi connectivity index (χ0n) is 16.5. The summed E-state index contributed by atoms with van der Waals surface area (Å²) in [5, 5.41) is 9.83. The summed E-state index contributed by atoms with van der Waals surface area (Å²) in [7, 11) is 0. The van der Waals surface area contributed by atoms with Gasteiger partial charge in [-0.2, -0.15) is 4.98 Å². The molecule has 4 heterocycles. The van der Waals surface area contributed by atoms with Crippen LogP contribution in [0, 0.1) is 11.7 Å². The van der Waals surface area contributed by atoms with E-state index < -0.39 is 0 Å². The summed E-state index contributed by atoms with van der Waals surface area (Å²) in [6, 6.07) is 11.9. The molecule has 1 aliphatic heterocycles. The Morgan fingerprint density at radius 3 is 2.94 bits per heavy atom. The molecule has 0 bridgehead atoms. The molecule has 1 aromatic carbocycles. The van der Waals surface area contributed by atoms with Gasteiger partial charge in [-0.15, -0.1) is 11.3 Å². The van der Waals surface area contributed by atoms with E-state index in [0.29, 0.717) is 42.4 Å². The Hall–Kier alpha value is -3.33. The van der Waals surface area contributed by atoms with Gasteiger partial charge in [0.05, 0.1) is 10.4 Å². The molecule has 0 unspecified atom stereocenters. The quantitative estimate of drug-likeness (QED) is 0.450. The molecular formula is C22H19FN4O3S. The van der Waals surface area contributed by atoms with Crippen molar-refractivity contribution >= 4 is 17.2 Å². The third-order valence-corrected chi connectivity index (χ3v) is 6.23. The van der Waals surface area contributed by atoms with E-state index in [0.717, 1.165) is 17.7 Å². The number of hydrogen-bond acceptors (Lipinski definition) is 7. The fraction of sp³-hybridized carbons (Fsp3) is 0.273. The zero-order chi connectivity index (χ0) is 21.2. The van der Waals surface area contributed by atoms with Gasteiger partial charge in [0, 0.05) is 25.6 Å². The number of thiophene rings is 1. The largest absolute Gasteiger partial charge is 0.355 e. The number of halogens is 1. The molecule has 1 saturated heterocycles. The Labute approximate surface area is 181 Å². The highest BCUT2D eigenvalue weighted by Gasteiger charge is 2.28. The highest BCUT2D eigenvalue weighted by Crippen LogP contribution is 2.27. The smallest absolute Gasteiger partial charge is 0.276 e. The lowest BCUT2D eigenvalue weighted by Crippen LogP contribution is -2.40. The minimum absolute atomic E-state index is 0.145. The summed E-state index contributed by atoms with van der Waals surface area (Å²) < 4.78 is 24.6. The number of hydrogen-bond donors (Lipinski definition) is 0. The van der Waals surface area contributed by atoms with Gasteiger partial charge in [0.15, 0.2) is 11.5 Å². The molecule has 3 aromatic heterocycles. The summed E-state index contributed by atoms with van der Waals surface area (Å²) in [6.45, 7) is 1.23. The SMILES string of the molecule is O=C(c1cc(-c2cccs2)on1)N1CCC[C@@H](Cc2nc(-c3ccccc3F)no2)C1. The van der Waals surface area contributed by atoms with Crippen molar-refractivity contribution in [1.82, 2.24) is 20.2 Å². The Balaban J connectivity index is 1.25. The summed E-state index contributed by atoms with van der Waals surface area (Å²) in [4.78, 5) is 20.0. The highest BCUT2D eigenvalue weighted by atomic mass is 32.1. The predicted octanol–water partition coefficient (Wildman–Crippen LogP) is 4.69. The van der Waals surface area contributed by atoms with Crippen molar-refractivity contribution in [3.63, 3.8) is 0 Å². The minimum atomic E-state index is -0.390. The first-order valence-corrected chi connectivity index (χ1v) is 10.9. The van der Waals surface area contributed by atoms with Gasteiger partial charge in [-0.25, -0.2) is 4.39 Å². The summed E-state index contributed by atoms with van der Waals surface area (Å²) in [5.41, 5.74) is 0.620. The molecule has 0 radical (unpaired) electrons. The number of benzene rings is 1. The van der Waals surface area contributed by atoms with Crippen LogP contribution in [0.4, 0.5) is 4.39 Å². The lowest BCUT2D eigenvalue weighted by Gasteiger charge is -2.31. The molecule has 5 rings (SSSR count). The first kappa shape index (κ1) is 19.6. The van der Waals surface area contributed by atoms with E-state index in [1.54, 1.807) is 29.2 Å². The average molecular weight is 438 g/mol. The maximum atomic E-state index is 14.0. The highest BCUT2D eigenvalue weighted by molar-refractivity contribution is 7.13. The third-order valence-electron chi connectivity index (χ3n) is 5.35. The van der Waals surface area contributed by atoms with Gasteiger partial charge in [-0.3, -0.25) is 4.79 Å². The number of amides is 1. The van der Waals surface area contributed by atoms with E-state index in [1.165, 1.54) is 17.4 Å². The number of rotatable bonds is 5. The van der Waals surface area contributed by atoms with E-state index in [1.807, 2.05) is 17.5 Å². The molecule has 1 aliphatic rings. The summed E-state index contributed by atoms with van der Waals surface area (Å²) >= 11 is 1.53. The molecule has 31 heavy (non-hydrogen) atoms. The van der Waals surface area contributed by atoms with Crippen LogP contribution in [-0.4, -0.2) is 39.2 Å². The van der Waals surface area contributed by atoms with E-state index in [9.17, 15) is 9.18 Å². The molecule has 4 aromatic rings. The van der Waals surface area contributed by atoms with Gasteiger partial charge in [0.25, 0.3) is 5.91 Å². The van der Waals surface area contributed by atoms with Crippen LogP contribution in [-0.2, 0) is 6.42 Å². The van der Waals surface area contributed by atoms with E-state index >= 15 is 0 Å². The second-order valence-electron chi connectivity index (χ2n) is 7.51. The number of aromatic nitrogens is 3. The van der Waals surface area contributed by atoms with Crippen molar-refractivity contribution in [1.29, 1.82) is 0 Å². The van der Waals surface area contributed by atoms with E-state index in [4.69, 9.17) is 9.05 Å². The Morgan fingerprint density at radius 1 is 1.19 bits per heavy atom. The second kappa shape index (κ2) is 8.43. The normalized spacial score (nSPS) is 16.5. The minimum Gasteiger partial charge on any atom is -0.355 e. The van der Waals surface area contributed by atoms with Crippen molar-refractivity contribution in [2.24, 2.45) is 5.92 Å². The van der Waals surface area contributed by atoms with Gasteiger partial charge in [-0.1, -0.05) is 28.5 Å². The van der Waals surface area contributed by atoms with E-state index in [2.05, 4.69) is 15.3 Å². The number of piperidine rings is 1. The molecule has 1 atom stereocenters.